The van der Waals surface area contributed by atoms with Crippen LogP contribution in [0.5, 0.6) is 0 Å². The molecule has 27 heavy (non-hydrogen) atoms. The highest BCUT2D eigenvalue weighted by Gasteiger charge is 2.15. The molecule has 0 unspecified atom stereocenters. The second-order valence-corrected chi connectivity index (χ2v) is 6.81. The molecule has 0 aliphatic rings. The van der Waals surface area contributed by atoms with Gasteiger partial charge in [0.25, 0.3) is 5.56 Å². The summed E-state index contributed by atoms with van der Waals surface area (Å²) in [6.45, 7) is 6.11. The number of carbonyl (C=O) groups excluding carboxylic acids is 1. The fraction of sp³-hybridized carbons (Fsp3) is 0.421. The van der Waals surface area contributed by atoms with Gasteiger partial charge in [-0.05, 0) is 30.0 Å². The Hall–Kier alpha value is -3.03. The average Bonchev–Trinajstić information content (AvgIpc) is 3.10. The van der Waals surface area contributed by atoms with Gasteiger partial charge < -0.3 is 5.32 Å². The van der Waals surface area contributed by atoms with Gasteiger partial charge in [0.15, 0.2) is 0 Å². The van der Waals surface area contributed by atoms with Crippen molar-refractivity contribution in [3.05, 3.63) is 52.6 Å². The maximum Gasteiger partial charge on any atom is 0.291 e. The summed E-state index contributed by atoms with van der Waals surface area (Å²) in [4.78, 5) is 33.0. The smallest absolute Gasteiger partial charge is 0.291 e. The minimum absolute atomic E-state index is 0.166. The molecule has 8 nitrogen and oxygen atoms in total. The Labute approximate surface area is 157 Å². The quantitative estimate of drug-likeness (QED) is 0.691. The van der Waals surface area contributed by atoms with E-state index in [4.69, 9.17) is 0 Å². The van der Waals surface area contributed by atoms with E-state index in [0.717, 1.165) is 30.7 Å². The molecule has 0 aliphatic heterocycles. The minimum atomic E-state index is -0.357. The van der Waals surface area contributed by atoms with Gasteiger partial charge in [0, 0.05) is 18.8 Å². The average molecular weight is 368 g/mol. The number of unbranched alkanes of at least 4 members (excludes halogenated alkanes) is 1. The Kier molecular flexibility index (Phi) is 5.63. The van der Waals surface area contributed by atoms with E-state index in [1.54, 1.807) is 6.07 Å². The first-order valence-electron chi connectivity index (χ1n) is 9.17. The van der Waals surface area contributed by atoms with Crippen molar-refractivity contribution >= 4 is 17.2 Å². The lowest BCUT2D eigenvalue weighted by atomic mass is 10.1. The maximum absolute atomic E-state index is 12.9. The van der Waals surface area contributed by atoms with E-state index < -0.39 is 0 Å². The van der Waals surface area contributed by atoms with Crippen LogP contribution < -0.4 is 10.9 Å². The molecule has 0 radical (unpaired) electrons. The molecule has 3 aromatic heterocycles. The van der Waals surface area contributed by atoms with Crippen LogP contribution in [0.25, 0.3) is 5.52 Å². The molecule has 0 bridgehead atoms. The zero-order chi connectivity index (χ0) is 19.4. The zero-order valence-corrected chi connectivity index (χ0v) is 15.8. The number of anilines is 1. The second-order valence-electron chi connectivity index (χ2n) is 6.81. The molecule has 8 heteroatoms. The zero-order valence-electron chi connectivity index (χ0n) is 15.8. The van der Waals surface area contributed by atoms with Crippen LogP contribution in [-0.4, -0.2) is 30.1 Å². The molecular formula is C19H24N6O2. The summed E-state index contributed by atoms with van der Waals surface area (Å²) >= 11 is 0. The molecule has 0 aromatic carbocycles. The number of rotatable bonds is 7. The van der Waals surface area contributed by atoms with E-state index in [-0.39, 0.29) is 18.0 Å². The lowest BCUT2D eigenvalue weighted by Gasteiger charge is -2.10. The number of hydrogen-bond acceptors (Lipinski definition) is 5. The molecule has 0 atom stereocenters. The largest absolute Gasteiger partial charge is 0.309 e. The van der Waals surface area contributed by atoms with Crippen LogP contribution in [-0.2, 0) is 17.8 Å². The van der Waals surface area contributed by atoms with Gasteiger partial charge in [-0.1, -0.05) is 27.2 Å². The van der Waals surface area contributed by atoms with Crippen molar-refractivity contribution < 1.29 is 4.79 Å². The summed E-state index contributed by atoms with van der Waals surface area (Å²) in [6.07, 6.45) is 7.59. The molecule has 3 heterocycles. The fourth-order valence-corrected chi connectivity index (χ4v) is 2.84. The molecule has 0 saturated carbocycles. The molecule has 0 fully saturated rings. The fourth-order valence-electron chi connectivity index (χ4n) is 2.84. The Morgan fingerprint density at radius 2 is 2.15 bits per heavy atom. The first kappa shape index (κ1) is 18.8. The van der Waals surface area contributed by atoms with Crippen LogP contribution in [0.2, 0.25) is 0 Å². The number of amides is 1. The van der Waals surface area contributed by atoms with Crippen molar-refractivity contribution in [2.45, 2.75) is 52.5 Å². The van der Waals surface area contributed by atoms with Crippen LogP contribution in [0.15, 0.2) is 35.6 Å². The van der Waals surface area contributed by atoms with Gasteiger partial charge in [0.05, 0.1) is 0 Å². The third kappa shape index (κ3) is 4.21. The predicted molar refractivity (Wildman–Crippen MR) is 103 cm³/mol. The van der Waals surface area contributed by atoms with Crippen molar-refractivity contribution in [1.82, 2.24) is 24.1 Å². The van der Waals surface area contributed by atoms with Gasteiger partial charge in [-0.15, -0.1) is 0 Å². The van der Waals surface area contributed by atoms with Crippen molar-refractivity contribution in [1.29, 1.82) is 0 Å². The van der Waals surface area contributed by atoms with E-state index in [0.29, 0.717) is 17.3 Å². The van der Waals surface area contributed by atoms with Crippen LogP contribution in [0.1, 0.15) is 50.9 Å². The Morgan fingerprint density at radius 3 is 2.81 bits per heavy atom. The number of carbonyl (C=O) groups is 1. The summed E-state index contributed by atoms with van der Waals surface area (Å²) < 4.78 is 3.10. The lowest BCUT2D eigenvalue weighted by Crippen LogP contribution is -2.32. The molecule has 3 aromatic rings. The third-order valence-electron chi connectivity index (χ3n) is 4.37. The highest BCUT2D eigenvalue weighted by molar-refractivity contribution is 5.89. The standard InChI is InChI=1S/C19H24N6O2/c1-4-5-6-17-23-25(11-18(26)22-16-7-8-20-12-21-16)19(27)15-9-14(13(2)3)10-24(15)17/h7-10,12-13H,4-6,11H2,1-3H3,(H,20,21,22,26). The van der Waals surface area contributed by atoms with Gasteiger partial charge in [0.2, 0.25) is 5.91 Å². The molecule has 1 N–H and O–H groups in total. The Morgan fingerprint density at radius 1 is 1.33 bits per heavy atom. The summed E-state index contributed by atoms with van der Waals surface area (Å²) in [6, 6.07) is 3.48. The number of aromatic nitrogens is 5. The van der Waals surface area contributed by atoms with Crippen LogP contribution in [0.4, 0.5) is 5.82 Å². The third-order valence-corrected chi connectivity index (χ3v) is 4.37. The SMILES string of the molecule is CCCCc1nn(CC(=O)Nc2ccncn2)c(=O)c2cc(C(C)C)cn12. The normalized spacial score (nSPS) is 11.3. The van der Waals surface area contributed by atoms with E-state index in [1.165, 1.54) is 17.2 Å². The van der Waals surface area contributed by atoms with E-state index >= 15 is 0 Å². The first-order valence-corrected chi connectivity index (χ1v) is 9.17. The summed E-state index contributed by atoms with van der Waals surface area (Å²) in [7, 11) is 0. The molecule has 0 spiro atoms. The van der Waals surface area contributed by atoms with Crippen molar-refractivity contribution in [2.24, 2.45) is 0 Å². The maximum atomic E-state index is 12.9. The van der Waals surface area contributed by atoms with Crippen LogP contribution >= 0.6 is 0 Å². The van der Waals surface area contributed by atoms with E-state index in [2.05, 4.69) is 41.2 Å². The molecule has 142 valence electrons. The minimum Gasteiger partial charge on any atom is -0.309 e. The second kappa shape index (κ2) is 8.11. The van der Waals surface area contributed by atoms with Gasteiger partial charge in [-0.3, -0.25) is 14.0 Å². The highest BCUT2D eigenvalue weighted by Crippen LogP contribution is 2.18. The number of nitrogens with zero attached hydrogens (tertiary/aromatic N) is 5. The monoisotopic (exact) mass is 368 g/mol. The summed E-state index contributed by atoms with van der Waals surface area (Å²) in [5.41, 5.74) is 1.35. The summed E-state index contributed by atoms with van der Waals surface area (Å²) in [5, 5.41) is 7.12. The molecule has 0 saturated heterocycles. The topological polar surface area (TPSA) is 94.2 Å². The Bertz CT molecular complexity index is 991. The molecule has 0 aliphatic carbocycles. The number of fused-ring (bicyclic) bond motifs is 1. The van der Waals surface area contributed by atoms with Crippen molar-refractivity contribution in [2.75, 3.05) is 5.32 Å². The van der Waals surface area contributed by atoms with E-state index in [1.807, 2.05) is 16.7 Å². The first-order chi connectivity index (χ1) is 13.0. The van der Waals surface area contributed by atoms with Gasteiger partial charge in [0.1, 0.15) is 30.0 Å². The van der Waals surface area contributed by atoms with Gasteiger partial charge >= 0.3 is 0 Å². The predicted octanol–water partition coefficient (Wildman–Crippen LogP) is 2.39. The number of hydrogen-bond donors (Lipinski definition) is 1. The van der Waals surface area contributed by atoms with Gasteiger partial charge in [-0.25, -0.2) is 14.6 Å². The molecular weight excluding hydrogens is 344 g/mol. The highest BCUT2D eigenvalue weighted by atomic mass is 16.2. The summed E-state index contributed by atoms with van der Waals surface area (Å²) in [5.74, 6) is 1.12. The number of nitrogens with one attached hydrogen (secondary N) is 1. The van der Waals surface area contributed by atoms with Crippen molar-refractivity contribution in [3.8, 4) is 0 Å². The van der Waals surface area contributed by atoms with Crippen LogP contribution in [0, 0.1) is 0 Å². The van der Waals surface area contributed by atoms with E-state index in [9.17, 15) is 9.59 Å². The molecule has 3 rings (SSSR count). The Balaban J connectivity index is 1.95. The van der Waals surface area contributed by atoms with Crippen LogP contribution in [0.3, 0.4) is 0 Å². The lowest BCUT2D eigenvalue weighted by molar-refractivity contribution is -0.117. The number of aryl methyl sites for hydroxylation is 1. The van der Waals surface area contributed by atoms with Gasteiger partial charge in [-0.2, -0.15) is 5.10 Å². The molecule has 1 amide bonds. The van der Waals surface area contributed by atoms with Crippen molar-refractivity contribution in [3.63, 3.8) is 0 Å².